The summed E-state index contributed by atoms with van der Waals surface area (Å²) in [7, 11) is 0. The highest BCUT2D eigenvalue weighted by molar-refractivity contribution is 7.80. The predicted molar refractivity (Wildman–Crippen MR) is 144 cm³/mol. The number of rotatable bonds is 7. The Hall–Kier alpha value is -3.71. The van der Waals surface area contributed by atoms with Gasteiger partial charge in [0.05, 0.1) is 6.10 Å². The second-order valence-electron chi connectivity index (χ2n) is 8.74. The van der Waals surface area contributed by atoms with Crippen molar-refractivity contribution in [2.75, 3.05) is 5.32 Å². The molecule has 35 heavy (non-hydrogen) atoms. The van der Waals surface area contributed by atoms with Gasteiger partial charge in [-0.15, -0.1) is 0 Å². The molecular weight excluding hydrogens is 458 g/mol. The van der Waals surface area contributed by atoms with Crippen molar-refractivity contribution in [2.45, 2.75) is 46.1 Å². The number of amides is 1. The first-order chi connectivity index (χ1) is 16.8. The van der Waals surface area contributed by atoms with Gasteiger partial charge in [-0.3, -0.25) is 10.1 Å². The second kappa shape index (κ2) is 10.7. The van der Waals surface area contributed by atoms with E-state index in [2.05, 4.69) is 41.6 Å². The lowest BCUT2D eigenvalue weighted by Crippen LogP contribution is -2.34. The van der Waals surface area contributed by atoms with Crippen molar-refractivity contribution in [1.82, 2.24) is 10.3 Å². The van der Waals surface area contributed by atoms with Gasteiger partial charge in [-0.2, -0.15) is 0 Å². The summed E-state index contributed by atoms with van der Waals surface area (Å²) in [6.45, 7) is 8.28. The molecule has 1 atom stereocenters. The van der Waals surface area contributed by atoms with Crippen molar-refractivity contribution < 1.29 is 13.9 Å². The van der Waals surface area contributed by atoms with Gasteiger partial charge >= 0.3 is 0 Å². The summed E-state index contributed by atoms with van der Waals surface area (Å²) in [6.07, 6.45) is 1.14. The quantitative estimate of drug-likeness (QED) is 0.276. The van der Waals surface area contributed by atoms with Gasteiger partial charge in [-0.25, -0.2) is 4.98 Å². The van der Waals surface area contributed by atoms with E-state index in [-0.39, 0.29) is 17.1 Å². The van der Waals surface area contributed by atoms with Crippen molar-refractivity contribution in [3.63, 3.8) is 0 Å². The van der Waals surface area contributed by atoms with E-state index in [1.165, 1.54) is 5.56 Å². The molecule has 6 nitrogen and oxygen atoms in total. The first-order valence-corrected chi connectivity index (χ1v) is 12.1. The van der Waals surface area contributed by atoms with Crippen molar-refractivity contribution in [1.29, 1.82) is 0 Å². The lowest BCUT2D eigenvalue weighted by Gasteiger charge is -2.12. The highest BCUT2D eigenvalue weighted by Crippen LogP contribution is 2.29. The Kier molecular flexibility index (Phi) is 7.46. The SMILES string of the molecule is CC[C@H](C)c1ccc2oc(-c3cccc(NC(=S)NC(=O)c4ccc(OC(C)C)cc4)c3)nc2c1. The molecule has 4 rings (SSSR count). The van der Waals surface area contributed by atoms with Crippen LogP contribution in [0.15, 0.2) is 71.1 Å². The zero-order valence-corrected chi connectivity index (χ0v) is 21.1. The van der Waals surface area contributed by atoms with E-state index in [0.29, 0.717) is 23.1 Å². The molecule has 180 valence electrons. The van der Waals surface area contributed by atoms with Crippen molar-refractivity contribution in [3.8, 4) is 17.2 Å². The molecule has 2 N–H and O–H groups in total. The molecule has 0 unspecified atom stereocenters. The van der Waals surface area contributed by atoms with Gasteiger partial charge in [-0.05, 0) is 98.6 Å². The fourth-order valence-corrected chi connectivity index (χ4v) is 3.85. The number of hydrogen-bond acceptors (Lipinski definition) is 5. The first-order valence-electron chi connectivity index (χ1n) is 11.7. The van der Waals surface area contributed by atoms with Crippen LogP contribution < -0.4 is 15.4 Å². The monoisotopic (exact) mass is 487 g/mol. The number of nitrogens with one attached hydrogen (secondary N) is 2. The number of anilines is 1. The molecule has 3 aromatic carbocycles. The zero-order chi connectivity index (χ0) is 24.9. The number of thiocarbonyl (C=S) groups is 1. The van der Waals surface area contributed by atoms with Crippen LogP contribution in [0.1, 0.15) is 56.0 Å². The minimum Gasteiger partial charge on any atom is -0.491 e. The van der Waals surface area contributed by atoms with Gasteiger partial charge in [0.2, 0.25) is 5.89 Å². The van der Waals surface area contributed by atoms with Crippen LogP contribution in [-0.2, 0) is 0 Å². The maximum Gasteiger partial charge on any atom is 0.257 e. The molecule has 0 radical (unpaired) electrons. The number of benzene rings is 3. The molecule has 0 aliphatic rings. The van der Waals surface area contributed by atoms with Crippen LogP contribution in [0.5, 0.6) is 5.75 Å². The minimum absolute atomic E-state index is 0.0687. The van der Waals surface area contributed by atoms with Gasteiger partial charge in [-0.1, -0.05) is 26.0 Å². The Labute approximate surface area is 210 Å². The van der Waals surface area contributed by atoms with E-state index < -0.39 is 0 Å². The number of fused-ring (bicyclic) bond motifs is 1. The molecule has 0 saturated carbocycles. The van der Waals surface area contributed by atoms with Crippen LogP contribution in [0.3, 0.4) is 0 Å². The highest BCUT2D eigenvalue weighted by atomic mass is 32.1. The number of nitrogens with zero attached hydrogens (tertiary/aromatic N) is 1. The molecule has 0 aliphatic carbocycles. The number of oxazole rings is 1. The van der Waals surface area contributed by atoms with Crippen molar-refractivity contribution >= 4 is 40.0 Å². The smallest absolute Gasteiger partial charge is 0.257 e. The lowest BCUT2D eigenvalue weighted by molar-refractivity contribution is 0.0977. The standard InChI is InChI=1S/C28H29N3O3S/c1-5-18(4)20-11-14-25-24(16-20)30-27(34-25)21-7-6-8-22(15-21)29-28(35)31-26(32)19-9-12-23(13-10-19)33-17(2)3/h6-18H,5H2,1-4H3,(H2,29,31,32,35)/t18-/m0/s1. The molecule has 0 saturated heterocycles. The second-order valence-corrected chi connectivity index (χ2v) is 9.14. The number of hydrogen-bond donors (Lipinski definition) is 2. The fourth-order valence-electron chi connectivity index (χ4n) is 3.63. The molecule has 1 amide bonds. The number of carbonyl (C=O) groups is 1. The third-order valence-electron chi connectivity index (χ3n) is 5.68. The van der Waals surface area contributed by atoms with Crippen LogP contribution in [0.4, 0.5) is 5.69 Å². The summed E-state index contributed by atoms with van der Waals surface area (Å²) >= 11 is 5.35. The average Bonchev–Trinajstić information content (AvgIpc) is 3.27. The Balaban J connectivity index is 1.43. The number of carbonyl (C=O) groups excluding carboxylic acids is 1. The van der Waals surface area contributed by atoms with E-state index in [1.54, 1.807) is 24.3 Å². The zero-order valence-electron chi connectivity index (χ0n) is 20.3. The fraction of sp³-hybridized carbons (Fsp3) is 0.250. The van der Waals surface area contributed by atoms with E-state index in [0.717, 1.165) is 28.8 Å². The predicted octanol–water partition coefficient (Wildman–Crippen LogP) is 6.92. The number of aromatic nitrogens is 1. The van der Waals surface area contributed by atoms with Gasteiger partial charge in [0.25, 0.3) is 5.91 Å². The summed E-state index contributed by atoms with van der Waals surface area (Å²) < 4.78 is 11.6. The van der Waals surface area contributed by atoms with Crippen molar-refractivity contribution in [2.24, 2.45) is 0 Å². The van der Waals surface area contributed by atoms with Gasteiger partial charge in [0, 0.05) is 16.8 Å². The average molecular weight is 488 g/mol. The molecule has 7 heteroatoms. The third-order valence-corrected chi connectivity index (χ3v) is 5.88. The Morgan fingerprint density at radius 2 is 1.83 bits per heavy atom. The van der Waals surface area contributed by atoms with E-state index >= 15 is 0 Å². The number of ether oxygens (including phenoxy) is 1. The summed E-state index contributed by atoms with van der Waals surface area (Å²) in [4.78, 5) is 17.2. The van der Waals surface area contributed by atoms with Crippen LogP contribution in [0.2, 0.25) is 0 Å². The van der Waals surface area contributed by atoms with Crippen LogP contribution >= 0.6 is 12.2 Å². The summed E-state index contributed by atoms with van der Waals surface area (Å²) in [5.74, 6) is 1.41. The summed E-state index contributed by atoms with van der Waals surface area (Å²) in [5.41, 5.74) is 4.85. The molecule has 0 fully saturated rings. The Morgan fingerprint density at radius 1 is 1.06 bits per heavy atom. The normalized spacial score (nSPS) is 11.9. The molecule has 1 aromatic heterocycles. The molecule has 1 heterocycles. The Bertz CT molecular complexity index is 1350. The third kappa shape index (κ3) is 6.05. The van der Waals surface area contributed by atoms with E-state index in [9.17, 15) is 4.79 Å². The molecule has 4 aromatic rings. The van der Waals surface area contributed by atoms with E-state index in [4.69, 9.17) is 21.4 Å². The largest absolute Gasteiger partial charge is 0.491 e. The van der Waals surface area contributed by atoms with E-state index in [1.807, 2.05) is 44.2 Å². The topological polar surface area (TPSA) is 76.4 Å². The first kappa shape index (κ1) is 24.4. The molecule has 0 bridgehead atoms. The van der Waals surface area contributed by atoms with Gasteiger partial charge in [0.15, 0.2) is 10.7 Å². The maximum absolute atomic E-state index is 12.6. The Morgan fingerprint density at radius 3 is 2.54 bits per heavy atom. The van der Waals surface area contributed by atoms with Crippen LogP contribution in [-0.4, -0.2) is 22.1 Å². The lowest BCUT2D eigenvalue weighted by atomic mass is 9.98. The summed E-state index contributed by atoms with van der Waals surface area (Å²) in [5, 5.41) is 5.97. The summed E-state index contributed by atoms with van der Waals surface area (Å²) in [6, 6.07) is 20.7. The molecular formula is C28H29N3O3S. The van der Waals surface area contributed by atoms with Crippen molar-refractivity contribution in [3.05, 3.63) is 77.9 Å². The highest BCUT2D eigenvalue weighted by Gasteiger charge is 2.13. The molecule has 0 spiro atoms. The van der Waals surface area contributed by atoms with Gasteiger partial charge < -0.3 is 14.5 Å². The maximum atomic E-state index is 12.6. The molecule has 0 aliphatic heterocycles. The van der Waals surface area contributed by atoms with Crippen LogP contribution in [0, 0.1) is 0 Å². The van der Waals surface area contributed by atoms with Crippen LogP contribution in [0.25, 0.3) is 22.6 Å². The minimum atomic E-state index is -0.300. The van der Waals surface area contributed by atoms with Gasteiger partial charge in [0.1, 0.15) is 11.3 Å².